The number of aromatic amines is 1. The molecule has 184 valence electrons. The Morgan fingerprint density at radius 1 is 1.14 bits per heavy atom. The second kappa shape index (κ2) is 8.83. The Morgan fingerprint density at radius 3 is 2.72 bits per heavy atom. The van der Waals surface area contributed by atoms with Crippen molar-refractivity contribution >= 4 is 43.4 Å². The average Bonchev–Trinajstić information content (AvgIpc) is 3.42. The van der Waals surface area contributed by atoms with Gasteiger partial charge in [0.15, 0.2) is 5.82 Å². The largest absolute Gasteiger partial charge is 0.345 e. The molecule has 3 heterocycles. The summed E-state index contributed by atoms with van der Waals surface area (Å²) in [6, 6.07) is 9.22. The van der Waals surface area contributed by atoms with Gasteiger partial charge in [-0.2, -0.15) is 5.10 Å². The van der Waals surface area contributed by atoms with Gasteiger partial charge in [-0.05, 0) is 36.2 Å². The third-order valence-electron chi connectivity index (χ3n) is 5.79. The fourth-order valence-corrected chi connectivity index (χ4v) is 5.26. The van der Waals surface area contributed by atoms with Crippen LogP contribution in [0.5, 0.6) is 0 Å². The second-order valence-electron chi connectivity index (χ2n) is 8.43. The molecule has 0 atom stereocenters. The Kier molecular flexibility index (Phi) is 5.79. The lowest BCUT2D eigenvalue weighted by molar-refractivity contribution is 0.103. The van der Waals surface area contributed by atoms with Crippen LogP contribution in [0.4, 0.5) is 14.5 Å². The van der Waals surface area contributed by atoms with Gasteiger partial charge in [0.2, 0.25) is 15.8 Å². The summed E-state index contributed by atoms with van der Waals surface area (Å²) >= 11 is 0. The molecule has 5 aromatic rings. The van der Waals surface area contributed by atoms with Crippen LogP contribution in [0, 0.1) is 11.6 Å². The van der Waals surface area contributed by atoms with Crippen molar-refractivity contribution in [2.24, 2.45) is 7.05 Å². The Labute approximate surface area is 205 Å². The zero-order valence-corrected chi connectivity index (χ0v) is 20.2. The van der Waals surface area contributed by atoms with Crippen LogP contribution in [0.3, 0.4) is 0 Å². The molecule has 11 heteroatoms. The lowest BCUT2D eigenvalue weighted by atomic mass is 9.99. The van der Waals surface area contributed by atoms with Gasteiger partial charge in [0.25, 0.3) is 0 Å². The van der Waals surface area contributed by atoms with Gasteiger partial charge in [0.05, 0.1) is 22.5 Å². The highest BCUT2D eigenvalue weighted by Crippen LogP contribution is 2.30. The number of benzene rings is 2. The van der Waals surface area contributed by atoms with Crippen LogP contribution in [0.15, 0.2) is 55.0 Å². The molecule has 2 aromatic carbocycles. The van der Waals surface area contributed by atoms with E-state index in [0.717, 1.165) is 28.6 Å². The van der Waals surface area contributed by atoms with Crippen molar-refractivity contribution < 1.29 is 22.0 Å². The van der Waals surface area contributed by atoms with Gasteiger partial charge < -0.3 is 4.98 Å². The number of nitrogens with one attached hydrogen (secondary N) is 2. The summed E-state index contributed by atoms with van der Waals surface area (Å²) in [5, 5.41) is 5.74. The highest BCUT2D eigenvalue weighted by molar-refractivity contribution is 7.92. The molecule has 0 amide bonds. The SMILES string of the molecule is CCCS(=O)(=O)Nc1ccc(F)c(C(=O)c2c[nH]c3ncc(-c4ccc5cn(C)nc5c4)cc23)c1F. The first kappa shape index (κ1) is 23.6. The molecule has 0 spiro atoms. The smallest absolute Gasteiger partial charge is 0.232 e. The lowest BCUT2D eigenvalue weighted by Gasteiger charge is -2.11. The van der Waals surface area contributed by atoms with E-state index in [2.05, 4.69) is 19.8 Å². The number of sulfonamides is 1. The number of pyridine rings is 1. The number of aryl methyl sites for hydroxylation is 1. The Balaban J connectivity index is 1.57. The molecule has 0 fully saturated rings. The minimum Gasteiger partial charge on any atom is -0.345 e. The maximum Gasteiger partial charge on any atom is 0.232 e. The summed E-state index contributed by atoms with van der Waals surface area (Å²) in [4.78, 5) is 20.5. The normalized spacial score (nSPS) is 11.9. The number of anilines is 1. The van der Waals surface area contributed by atoms with Crippen molar-refractivity contribution in [2.45, 2.75) is 13.3 Å². The standard InChI is InChI=1S/C25H21F2N5O3S/c1-3-8-36(34,35)31-20-7-6-19(26)22(23(20)27)24(33)18-12-29-25-17(18)9-16(11-28-25)14-4-5-15-13-32(2)30-21(15)10-14/h4-7,9-13,31H,3,8H2,1-2H3,(H,28,29). The molecular formula is C25H21F2N5O3S. The van der Waals surface area contributed by atoms with Gasteiger partial charge in [0, 0.05) is 47.5 Å². The zero-order valence-electron chi connectivity index (χ0n) is 19.3. The van der Waals surface area contributed by atoms with Gasteiger partial charge in [0.1, 0.15) is 11.5 Å². The topological polar surface area (TPSA) is 110 Å². The van der Waals surface area contributed by atoms with Crippen LogP contribution in [0.2, 0.25) is 0 Å². The second-order valence-corrected chi connectivity index (χ2v) is 10.3. The Bertz CT molecular complexity index is 1760. The number of hydrogen-bond donors (Lipinski definition) is 2. The first-order valence-electron chi connectivity index (χ1n) is 11.1. The lowest BCUT2D eigenvalue weighted by Crippen LogP contribution is -2.18. The predicted octanol–water partition coefficient (Wildman–Crippen LogP) is 4.78. The van der Waals surface area contributed by atoms with Crippen molar-refractivity contribution in [3.05, 3.63) is 77.8 Å². The maximum absolute atomic E-state index is 15.2. The van der Waals surface area contributed by atoms with Gasteiger partial charge >= 0.3 is 0 Å². The minimum absolute atomic E-state index is 0.00429. The molecule has 5 rings (SSSR count). The third-order valence-corrected chi connectivity index (χ3v) is 7.26. The number of ketones is 1. The summed E-state index contributed by atoms with van der Waals surface area (Å²) in [6.07, 6.45) is 5.16. The van der Waals surface area contributed by atoms with Crippen molar-refractivity contribution in [3.8, 4) is 11.1 Å². The van der Waals surface area contributed by atoms with E-state index in [1.807, 2.05) is 31.4 Å². The molecule has 0 bridgehead atoms. The van der Waals surface area contributed by atoms with Gasteiger partial charge in [-0.25, -0.2) is 22.2 Å². The van der Waals surface area contributed by atoms with E-state index in [0.29, 0.717) is 23.0 Å². The van der Waals surface area contributed by atoms with Crippen LogP contribution in [-0.4, -0.2) is 39.7 Å². The maximum atomic E-state index is 15.2. The number of carbonyl (C=O) groups excluding carboxylic acids is 1. The number of fused-ring (bicyclic) bond motifs is 2. The minimum atomic E-state index is -3.85. The predicted molar refractivity (Wildman–Crippen MR) is 133 cm³/mol. The molecular weight excluding hydrogens is 488 g/mol. The molecule has 0 aliphatic carbocycles. The zero-order chi connectivity index (χ0) is 25.6. The van der Waals surface area contributed by atoms with Crippen molar-refractivity contribution in [1.29, 1.82) is 0 Å². The van der Waals surface area contributed by atoms with E-state index >= 15 is 4.39 Å². The Morgan fingerprint density at radius 2 is 1.94 bits per heavy atom. The molecule has 0 saturated carbocycles. The number of H-pyrrole nitrogens is 1. The van der Waals surface area contributed by atoms with Crippen LogP contribution in [0.25, 0.3) is 33.1 Å². The first-order valence-corrected chi connectivity index (χ1v) is 12.8. The molecule has 0 unspecified atom stereocenters. The first-order chi connectivity index (χ1) is 17.2. The number of aromatic nitrogens is 4. The van der Waals surface area contributed by atoms with Crippen LogP contribution in [-0.2, 0) is 17.1 Å². The number of rotatable bonds is 7. The highest BCUT2D eigenvalue weighted by atomic mass is 32.2. The quantitative estimate of drug-likeness (QED) is 0.307. The van der Waals surface area contributed by atoms with Gasteiger partial charge in [-0.3, -0.25) is 14.2 Å². The van der Waals surface area contributed by atoms with E-state index in [-0.39, 0.29) is 11.3 Å². The molecule has 0 aliphatic rings. The fourth-order valence-electron chi connectivity index (χ4n) is 4.13. The van der Waals surface area contributed by atoms with Crippen molar-refractivity contribution in [1.82, 2.24) is 19.7 Å². The van der Waals surface area contributed by atoms with Gasteiger partial charge in [-0.1, -0.05) is 19.1 Å². The van der Waals surface area contributed by atoms with Crippen LogP contribution in [0.1, 0.15) is 29.3 Å². The van der Waals surface area contributed by atoms with Crippen molar-refractivity contribution in [3.63, 3.8) is 0 Å². The number of halogens is 2. The number of carbonyl (C=O) groups is 1. The van der Waals surface area contributed by atoms with E-state index < -0.39 is 38.7 Å². The summed E-state index contributed by atoms with van der Waals surface area (Å²) < 4.78 is 57.9. The highest BCUT2D eigenvalue weighted by Gasteiger charge is 2.26. The summed E-state index contributed by atoms with van der Waals surface area (Å²) in [5.41, 5.74) is 1.30. The summed E-state index contributed by atoms with van der Waals surface area (Å²) in [5.74, 6) is -3.56. The van der Waals surface area contributed by atoms with Crippen molar-refractivity contribution in [2.75, 3.05) is 10.5 Å². The fraction of sp³-hybridized carbons (Fsp3) is 0.160. The molecule has 36 heavy (non-hydrogen) atoms. The number of nitrogens with zero attached hydrogens (tertiary/aromatic N) is 3. The van der Waals surface area contributed by atoms with Crippen LogP contribution >= 0.6 is 0 Å². The van der Waals surface area contributed by atoms with E-state index in [9.17, 15) is 17.6 Å². The molecule has 0 radical (unpaired) electrons. The van der Waals surface area contributed by atoms with E-state index in [1.165, 1.54) is 6.20 Å². The summed E-state index contributed by atoms with van der Waals surface area (Å²) in [6.45, 7) is 1.66. The molecule has 0 saturated heterocycles. The third kappa shape index (κ3) is 4.22. The molecule has 8 nitrogen and oxygen atoms in total. The molecule has 3 aromatic heterocycles. The monoisotopic (exact) mass is 509 g/mol. The average molecular weight is 510 g/mol. The van der Waals surface area contributed by atoms with E-state index in [1.54, 1.807) is 23.9 Å². The van der Waals surface area contributed by atoms with E-state index in [4.69, 9.17) is 0 Å². The Hall–Kier alpha value is -4.12. The summed E-state index contributed by atoms with van der Waals surface area (Å²) in [7, 11) is -2.02. The molecule has 2 N–H and O–H groups in total. The van der Waals surface area contributed by atoms with Crippen LogP contribution < -0.4 is 4.72 Å². The number of hydrogen-bond acceptors (Lipinski definition) is 5. The molecule has 0 aliphatic heterocycles. The van der Waals surface area contributed by atoms with Gasteiger partial charge in [-0.15, -0.1) is 0 Å².